The van der Waals surface area contributed by atoms with E-state index in [1.807, 2.05) is 0 Å². The number of carbonyl (C=O) groups excluding carboxylic acids is 2. The molecule has 2 aromatic carbocycles. The molecule has 0 saturated carbocycles. The van der Waals surface area contributed by atoms with Crippen LogP contribution in [0, 0.1) is 0 Å². The molecule has 3 aromatic rings. The summed E-state index contributed by atoms with van der Waals surface area (Å²) in [6.07, 6.45) is 0.187. The van der Waals surface area contributed by atoms with E-state index in [4.69, 9.17) is 9.26 Å². The topological polar surface area (TPSA) is 108 Å². The molecule has 0 spiro atoms. The lowest BCUT2D eigenvalue weighted by Gasteiger charge is -2.05. The van der Waals surface area contributed by atoms with Crippen LogP contribution in [0.25, 0.3) is 5.69 Å². The van der Waals surface area contributed by atoms with Crippen molar-refractivity contribution in [2.24, 2.45) is 0 Å². The first-order valence-corrected chi connectivity index (χ1v) is 9.73. The largest absolute Gasteiger partial charge is 0.538 e. The highest BCUT2D eigenvalue weighted by molar-refractivity contribution is 7.99. The molecule has 9 heteroatoms. The number of ketones is 1. The van der Waals surface area contributed by atoms with Crippen LogP contribution < -0.4 is 19.8 Å². The van der Waals surface area contributed by atoms with E-state index in [0.29, 0.717) is 28.4 Å². The van der Waals surface area contributed by atoms with Crippen molar-refractivity contribution >= 4 is 29.1 Å². The molecule has 8 nitrogen and oxygen atoms in total. The third-order valence-electron chi connectivity index (χ3n) is 4.03. The highest BCUT2D eigenvalue weighted by Gasteiger charge is 2.21. The minimum Gasteiger partial charge on any atom is -0.538 e. The predicted molar refractivity (Wildman–Crippen MR) is 104 cm³/mol. The minimum atomic E-state index is -0.564. The lowest BCUT2D eigenvalue weighted by molar-refractivity contribution is -0.705. The van der Waals surface area contributed by atoms with E-state index in [-0.39, 0.29) is 23.1 Å². The number of carbonyl (C=O) groups is 2. The normalized spacial score (nSPS) is 10.6. The van der Waals surface area contributed by atoms with Crippen molar-refractivity contribution in [3.8, 4) is 17.4 Å². The van der Waals surface area contributed by atoms with E-state index in [0.717, 1.165) is 0 Å². The Kier molecular flexibility index (Phi) is 6.50. The van der Waals surface area contributed by atoms with E-state index < -0.39 is 5.95 Å². The van der Waals surface area contributed by atoms with E-state index in [1.165, 1.54) is 23.4 Å². The van der Waals surface area contributed by atoms with Gasteiger partial charge in [-0.05, 0) is 48.0 Å². The van der Waals surface area contributed by atoms with Crippen molar-refractivity contribution in [2.45, 2.75) is 18.4 Å². The maximum atomic E-state index is 12.1. The van der Waals surface area contributed by atoms with Gasteiger partial charge < -0.3 is 19.7 Å². The quantitative estimate of drug-likeness (QED) is 0.343. The number of hydrogen-bond donors (Lipinski definition) is 1. The summed E-state index contributed by atoms with van der Waals surface area (Å²) in [4.78, 5) is 23.4. The van der Waals surface area contributed by atoms with E-state index in [1.54, 1.807) is 55.6 Å². The van der Waals surface area contributed by atoms with Gasteiger partial charge in [-0.1, -0.05) is 11.8 Å². The van der Waals surface area contributed by atoms with Crippen LogP contribution in [0.3, 0.4) is 0 Å². The van der Waals surface area contributed by atoms with Gasteiger partial charge in [-0.25, -0.2) is 0 Å². The fourth-order valence-electron chi connectivity index (χ4n) is 2.50. The standard InChI is InChI=1S/C20H19N3O5S/c1-13(24)14-3-5-15(6-4-14)21-18(25)11-12-29-19-20(26)28-22-23(19)16-7-9-17(27-2)10-8-16/h3-10H,11-12H2,1-2H3,(H-,21,22,24,25,26). The second kappa shape index (κ2) is 9.24. The summed E-state index contributed by atoms with van der Waals surface area (Å²) in [6, 6.07) is 13.7. The number of amides is 1. The van der Waals surface area contributed by atoms with Crippen LogP contribution in [0.4, 0.5) is 5.69 Å². The maximum absolute atomic E-state index is 12.1. The Balaban J connectivity index is 1.58. The zero-order valence-corrected chi connectivity index (χ0v) is 16.7. The molecular formula is C20H19N3O5S. The predicted octanol–water partition coefficient (Wildman–Crippen LogP) is 2.36. The Bertz CT molecular complexity index is 1000. The lowest BCUT2D eigenvalue weighted by atomic mass is 10.1. The van der Waals surface area contributed by atoms with Gasteiger partial charge in [0, 0.05) is 35.6 Å². The summed E-state index contributed by atoms with van der Waals surface area (Å²) in [5, 5.41) is 18.8. The summed E-state index contributed by atoms with van der Waals surface area (Å²) >= 11 is 1.19. The molecule has 0 aliphatic heterocycles. The number of methoxy groups -OCH3 is 1. The van der Waals surface area contributed by atoms with Crippen molar-refractivity contribution in [2.75, 3.05) is 18.2 Å². The Labute approximate surface area is 171 Å². The Morgan fingerprint density at radius 2 is 1.86 bits per heavy atom. The number of aromatic nitrogens is 2. The van der Waals surface area contributed by atoms with Gasteiger partial charge in [0.05, 0.1) is 12.4 Å². The van der Waals surface area contributed by atoms with Gasteiger partial charge >= 0.3 is 0 Å². The second-order valence-electron chi connectivity index (χ2n) is 6.06. The smallest absolute Gasteiger partial charge is 0.297 e. The van der Waals surface area contributed by atoms with Crippen LogP contribution in [-0.4, -0.2) is 29.8 Å². The molecule has 0 aliphatic rings. The fourth-order valence-corrected chi connectivity index (χ4v) is 3.40. The number of ether oxygens (including phenoxy) is 1. The highest BCUT2D eigenvalue weighted by atomic mass is 32.2. The summed E-state index contributed by atoms with van der Waals surface area (Å²) < 4.78 is 11.3. The number of anilines is 1. The first-order chi connectivity index (χ1) is 14.0. The summed E-state index contributed by atoms with van der Waals surface area (Å²) in [7, 11) is 1.57. The molecule has 0 unspecified atom stereocenters. The molecule has 1 N–H and O–H groups in total. The van der Waals surface area contributed by atoms with Crippen LogP contribution in [0.2, 0.25) is 0 Å². The third-order valence-corrected chi connectivity index (χ3v) is 5.05. The molecule has 0 saturated heterocycles. The van der Waals surface area contributed by atoms with Crippen molar-refractivity contribution in [3.63, 3.8) is 0 Å². The van der Waals surface area contributed by atoms with Crippen LogP contribution in [0.1, 0.15) is 23.7 Å². The van der Waals surface area contributed by atoms with Gasteiger partial charge in [-0.15, -0.1) is 0 Å². The maximum Gasteiger partial charge on any atom is 0.297 e. The van der Waals surface area contributed by atoms with Crippen LogP contribution in [-0.2, 0) is 4.79 Å². The Hall–Kier alpha value is -3.33. The molecule has 29 heavy (non-hydrogen) atoms. The molecule has 0 aliphatic carbocycles. The van der Waals surface area contributed by atoms with Crippen molar-refractivity contribution in [1.29, 1.82) is 0 Å². The summed E-state index contributed by atoms with van der Waals surface area (Å²) in [5.41, 5.74) is 1.83. The van der Waals surface area contributed by atoms with Crippen molar-refractivity contribution < 1.29 is 28.6 Å². The molecule has 0 radical (unpaired) electrons. The molecule has 1 aromatic heterocycles. The molecule has 150 valence electrons. The monoisotopic (exact) mass is 413 g/mol. The van der Waals surface area contributed by atoms with Crippen LogP contribution in [0.5, 0.6) is 11.7 Å². The fraction of sp³-hybridized carbons (Fsp3) is 0.200. The zero-order chi connectivity index (χ0) is 20.8. The highest BCUT2D eigenvalue weighted by Crippen LogP contribution is 2.24. The first-order valence-electron chi connectivity index (χ1n) is 8.75. The van der Waals surface area contributed by atoms with Gasteiger partial charge in [0.15, 0.2) is 11.7 Å². The van der Waals surface area contributed by atoms with E-state index in [2.05, 4.69) is 10.6 Å². The summed E-state index contributed by atoms with van der Waals surface area (Å²) in [5.74, 6) is 0.247. The SMILES string of the molecule is COc1ccc(-[n+]2noc([O-])c2SCCC(=O)Nc2ccc(C(C)=O)cc2)cc1. The number of Topliss-reactive ketones (excluding diaryl/α,β-unsaturated/α-hetero) is 1. The first kappa shape index (κ1) is 20.4. The lowest BCUT2D eigenvalue weighted by Crippen LogP contribution is -2.34. The number of hydrogen-bond acceptors (Lipinski definition) is 7. The van der Waals surface area contributed by atoms with Crippen molar-refractivity contribution in [1.82, 2.24) is 5.27 Å². The molecule has 1 heterocycles. The average molecular weight is 413 g/mol. The minimum absolute atomic E-state index is 0.0356. The zero-order valence-electron chi connectivity index (χ0n) is 15.9. The van der Waals surface area contributed by atoms with Gasteiger partial charge in [-0.3, -0.25) is 9.59 Å². The second-order valence-corrected chi connectivity index (χ2v) is 7.14. The molecular weight excluding hydrogens is 394 g/mol. The average Bonchev–Trinajstić information content (AvgIpc) is 3.09. The van der Waals surface area contributed by atoms with Crippen LogP contribution >= 0.6 is 11.8 Å². The van der Waals surface area contributed by atoms with Gasteiger partial charge in [0.25, 0.3) is 5.03 Å². The van der Waals surface area contributed by atoms with Gasteiger partial charge in [0.2, 0.25) is 11.6 Å². The van der Waals surface area contributed by atoms with E-state index in [9.17, 15) is 14.7 Å². The number of nitrogens with one attached hydrogen (secondary N) is 1. The number of rotatable bonds is 8. The Morgan fingerprint density at radius 3 is 2.48 bits per heavy atom. The molecule has 3 rings (SSSR count). The van der Waals surface area contributed by atoms with Gasteiger partial charge in [-0.2, -0.15) is 0 Å². The number of thioether (sulfide) groups is 1. The van der Waals surface area contributed by atoms with Gasteiger partial charge in [0.1, 0.15) is 5.75 Å². The number of nitrogens with zero attached hydrogens (tertiary/aromatic N) is 2. The Morgan fingerprint density at radius 1 is 1.17 bits per heavy atom. The molecule has 1 amide bonds. The van der Waals surface area contributed by atoms with Crippen molar-refractivity contribution in [3.05, 3.63) is 54.1 Å². The molecule has 0 bridgehead atoms. The number of benzene rings is 2. The van der Waals surface area contributed by atoms with E-state index >= 15 is 0 Å². The third kappa shape index (κ3) is 5.14. The molecule has 0 atom stereocenters. The van der Waals surface area contributed by atoms with Crippen LogP contribution in [0.15, 0.2) is 58.1 Å². The molecule has 0 fully saturated rings. The summed E-state index contributed by atoms with van der Waals surface area (Å²) in [6.45, 7) is 1.48.